The maximum Gasteiger partial charge on any atom is 0.243 e. The number of aromatic nitrogens is 2. The molecule has 78 valence electrons. The van der Waals surface area contributed by atoms with Gasteiger partial charge in [0.2, 0.25) is 5.89 Å². The number of phenolic OH excluding ortho intramolecular Hbond substituents is 1. The van der Waals surface area contributed by atoms with Gasteiger partial charge in [0, 0.05) is 0 Å². The monoisotopic (exact) mass is 205 g/mol. The van der Waals surface area contributed by atoms with Crippen LogP contribution in [-0.4, -0.2) is 15.2 Å². The molecule has 1 unspecified atom stereocenters. The molecule has 0 aliphatic rings. The van der Waals surface area contributed by atoms with Crippen LogP contribution in [0.25, 0.3) is 0 Å². The molecule has 0 fully saturated rings. The SMILES string of the molecule is NC(Cc1ccc(O)cc1)c1ncno1. The molecular formula is C10H11N3O2. The summed E-state index contributed by atoms with van der Waals surface area (Å²) in [5.41, 5.74) is 6.86. The standard InChI is InChI=1S/C10H11N3O2/c11-9(10-12-6-13-15-10)5-7-1-3-8(14)4-2-7/h1-4,6,9,14H,5,11H2. The first-order chi connectivity index (χ1) is 7.25. The summed E-state index contributed by atoms with van der Waals surface area (Å²) in [4.78, 5) is 3.88. The Kier molecular flexibility index (Phi) is 2.64. The highest BCUT2D eigenvalue weighted by Crippen LogP contribution is 2.16. The number of nitrogens with two attached hydrogens (primary N) is 1. The lowest BCUT2D eigenvalue weighted by Gasteiger charge is -2.06. The highest BCUT2D eigenvalue weighted by atomic mass is 16.5. The Morgan fingerprint density at radius 2 is 2.07 bits per heavy atom. The van der Waals surface area contributed by atoms with Crippen molar-refractivity contribution >= 4 is 0 Å². The zero-order valence-corrected chi connectivity index (χ0v) is 8.00. The van der Waals surface area contributed by atoms with Crippen LogP contribution in [0.5, 0.6) is 5.75 Å². The van der Waals surface area contributed by atoms with Gasteiger partial charge >= 0.3 is 0 Å². The van der Waals surface area contributed by atoms with Crippen LogP contribution in [0.4, 0.5) is 0 Å². The van der Waals surface area contributed by atoms with Crippen LogP contribution >= 0.6 is 0 Å². The quantitative estimate of drug-likeness (QED) is 0.781. The van der Waals surface area contributed by atoms with E-state index in [4.69, 9.17) is 15.4 Å². The lowest BCUT2D eigenvalue weighted by molar-refractivity contribution is 0.353. The fourth-order valence-electron chi connectivity index (χ4n) is 1.32. The number of rotatable bonds is 3. The Labute approximate surface area is 86.5 Å². The predicted octanol–water partition coefficient (Wildman–Crippen LogP) is 1.02. The average Bonchev–Trinajstić information content (AvgIpc) is 2.74. The van der Waals surface area contributed by atoms with Crippen LogP contribution in [0.3, 0.4) is 0 Å². The number of nitrogens with zero attached hydrogens (tertiary/aromatic N) is 2. The average molecular weight is 205 g/mol. The highest BCUT2D eigenvalue weighted by molar-refractivity contribution is 5.26. The molecule has 2 rings (SSSR count). The molecule has 0 saturated heterocycles. The van der Waals surface area contributed by atoms with Gasteiger partial charge in [-0.15, -0.1) is 0 Å². The Morgan fingerprint density at radius 1 is 1.33 bits per heavy atom. The second-order valence-corrected chi connectivity index (χ2v) is 3.26. The van der Waals surface area contributed by atoms with Crippen molar-refractivity contribution in [3.63, 3.8) is 0 Å². The van der Waals surface area contributed by atoms with Gasteiger partial charge in [0.05, 0.1) is 6.04 Å². The Bertz CT molecular complexity index is 411. The fraction of sp³-hybridized carbons (Fsp3) is 0.200. The molecule has 0 aliphatic heterocycles. The number of hydrogen-bond donors (Lipinski definition) is 2. The van der Waals surface area contributed by atoms with Gasteiger partial charge in [-0.05, 0) is 24.1 Å². The van der Waals surface area contributed by atoms with Gasteiger partial charge in [-0.3, -0.25) is 0 Å². The molecule has 1 atom stereocenters. The van der Waals surface area contributed by atoms with Crippen molar-refractivity contribution in [1.29, 1.82) is 0 Å². The molecule has 5 nitrogen and oxygen atoms in total. The van der Waals surface area contributed by atoms with Crippen molar-refractivity contribution in [3.05, 3.63) is 42.0 Å². The van der Waals surface area contributed by atoms with E-state index in [2.05, 4.69) is 10.1 Å². The first-order valence-corrected chi connectivity index (χ1v) is 4.56. The number of aromatic hydroxyl groups is 1. The van der Waals surface area contributed by atoms with E-state index < -0.39 is 0 Å². The fourth-order valence-corrected chi connectivity index (χ4v) is 1.32. The van der Waals surface area contributed by atoms with Crippen molar-refractivity contribution in [3.8, 4) is 5.75 Å². The van der Waals surface area contributed by atoms with E-state index in [1.165, 1.54) is 6.33 Å². The lowest BCUT2D eigenvalue weighted by Crippen LogP contribution is -2.13. The number of benzene rings is 1. The summed E-state index contributed by atoms with van der Waals surface area (Å²) in [6, 6.07) is 6.56. The minimum Gasteiger partial charge on any atom is -0.508 e. The lowest BCUT2D eigenvalue weighted by atomic mass is 10.1. The first-order valence-electron chi connectivity index (χ1n) is 4.56. The third kappa shape index (κ3) is 2.32. The van der Waals surface area contributed by atoms with E-state index in [1.807, 2.05) is 12.1 Å². The highest BCUT2D eigenvalue weighted by Gasteiger charge is 2.12. The molecule has 1 aromatic carbocycles. The van der Waals surface area contributed by atoms with Gasteiger partial charge in [0.1, 0.15) is 5.75 Å². The van der Waals surface area contributed by atoms with E-state index in [9.17, 15) is 0 Å². The van der Waals surface area contributed by atoms with Gasteiger partial charge < -0.3 is 15.4 Å². The van der Waals surface area contributed by atoms with Crippen molar-refractivity contribution in [1.82, 2.24) is 10.1 Å². The van der Waals surface area contributed by atoms with E-state index in [0.29, 0.717) is 12.3 Å². The van der Waals surface area contributed by atoms with Crippen LogP contribution in [0.2, 0.25) is 0 Å². The minimum atomic E-state index is -0.308. The normalized spacial score (nSPS) is 12.6. The molecule has 1 heterocycles. The van der Waals surface area contributed by atoms with Gasteiger partial charge in [-0.2, -0.15) is 4.98 Å². The molecule has 2 aromatic rings. The molecule has 5 heteroatoms. The summed E-state index contributed by atoms with van der Waals surface area (Å²) < 4.78 is 4.86. The van der Waals surface area contributed by atoms with Crippen molar-refractivity contribution in [2.24, 2.45) is 5.73 Å². The molecule has 1 aromatic heterocycles. The third-order valence-electron chi connectivity index (χ3n) is 2.09. The van der Waals surface area contributed by atoms with Crippen LogP contribution in [0, 0.1) is 0 Å². The van der Waals surface area contributed by atoms with Crippen LogP contribution in [0.1, 0.15) is 17.5 Å². The van der Waals surface area contributed by atoms with Crippen molar-refractivity contribution < 1.29 is 9.63 Å². The van der Waals surface area contributed by atoms with Gasteiger partial charge in [0.15, 0.2) is 6.33 Å². The second kappa shape index (κ2) is 4.10. The molecule has 15 heavy (non-hydrogen) atoms. The zero-order chi connectivity index (χ0) is 10.7. The maximum atomic E-state index is 9.10. The summed E-state index contributed by atoms with van der Waals surface area (Å²) in [7, 11) is 0. The minimum absolute atomic E-state index is 0.241. The molecule has 0 saturated carbocycles. The van der Waals surface area contributed by atoms with E-state index in [-0.39, 0.29) is 11.8 Å². The number of phenols is 1. The Hall–Kier alpha value is -1.88. The summed E-state index contributed by atoms with van der Waals surface area (Å²) in [5, 5.41) is 12.6. The van der Waals surface area contributed by atoms with E-state index >= 15 is 0 Å². The number of hydrogen-bond acceptors (Lipinski definition) is 5. The largest absolute Gasteiger partial charge is 0.508 e. The summed E-state index contributed by atoms with van der Waals surface area (Å²) in [5.74, 6) is 0.660. The third-order valence-corrected chi connectivity index (χ3v) is 2.09. The van der Waals surface area contributed by atoms with Gasteiger partial charge in [-0.25, -0.2) is 0 Å². The topological polar surface area (TPSA) is 85.2 Å². The summed E-state index contributed by atoms with van der Waals surface area (Å²) in [6.45, 7) is 0. The molecular weight excluding hydrogens is 194 g/mol. The molecule has 3 N–H and O–H groups in total. The van der Waals surface area contributed by atoms with E-state index in [1.54, 1.807) is 12.1 Å². The molecule has 0 radical (unpaired) electrons. The predicted molar refractivity (Wildman–Crippen MR) is 53.0 cm³/mol. The van der Waals surface area contributed by atoms with Crippen LogP contribution < -0.4 is 5.73 Å². The van der Waals surface area contributed by atoms with Crippen molar-refractivity contribution in [2.45, 2.75) is 12.5 Å². The Balaban J connectivity index is 2.06. The summed E-state index contributed by atoms with van der Waals surface area (Å²) >= 11 is 0. The summed E-state index contributed by atoms with van der Waals surface area (Å²) in [6.07, 6.45) is 1.93. The van der Waals surface area contributed by atoms with Crippen LogP contribution in [-0.2, 0) is 6.42 Å². The smallest absolute Gasteiger partial charge is 0.243 e. The van der Waals surface area contributed by atoms with Gasteiger partial charge in [0.25, 0.3) is 0 Å². The molecule has 0 bridgehead atoms. The first kappa shape index (κ1) is 9.67. The molecule has 0 spiro atoms. The molecule has 0 aliphatic carbocycles. The van der Waals surface area contributed by atoms with Crippen molar-refractivity contribution in [2.75, 3.05) is 0 Å². The van der Waals surface area contributed by atoms with E-state index in [0.717, 1.165) is 5.56 Å². The Morgan fingerprint density at radius 3 is 2.67 bits per heavy atom. The van der Waals surface area contributed by atoms with Crippen LogP contribution in [0.15, 0.2) is 35.1 Å². The maximum absolute atomic E-state index is 9.10. The second-order valence-electron chi connectivity index (χ2n) is 3.26. The molecule has 0 amide bonds. The van der Waals surface area contributed by atoms with Gasteiger partial charge in [-0.1, -0.05) is 17.3 Å². The zero-order valence-electron chi connectivity index (χ0n) is 8.00.